The summed E-state index contributed by atoms with van der Waals surface area (Å²) in [6.45, 7) is 6.15. The summed E-state index contributed by atoms with van der Waals surface area (Å²) in [4.78, 5) is 38.9. The van der Waals surface area contributed by atoms with Gasteiger partial charge in [0, 0.05) is 37.3 Å². The number of rotatable bonds is 6. The topological polar surface area (TPSA) is 79.0 Å². The Morgan fingerprint density at radius 2 is 2.04 bits per heavy atom. The molecule has 7 nitrogen and oxygen atoms in total. The van der Waals surface area contributed by atoms with Crippen LogP contribution in [0.3, 0.4) is 0 Å². The first kappa shape index (κ1) is 19.8. The van der Waals surface area contributed by atoms with Gasteiger partial charge in [-0.1, -0.05) is 6.07 Å². The third-order valence-electron chi connectivity index (χ3n) is 3.89. The Morgan fingerprint density at radius 1 is 1.31 bits per heavy atom. The Bertz CT molecular complexity index is 682. The van der Waals surface area contributed by atoms with Crippen LogP contribution in [-0.2, 0) is 14.4 Å². The zero-order chi connectivity index (χ0) is 19.3. The summed E-state index contributed by atoms with van der Waals surface area (Å²) in [5.41, 5.74) is 0.431. The largest absolute Gasteiger partial charge is 0.484 e. The molecule has 1 aliphatic heterocycles. The molecule has 26 heavy (non-hydrogen) atoms. The molecular formula is C19H27N3O4. The molecule has 142 valence electrons. The molecule has 1 saturated heterocycles. The molecule has 1 aromatic rings. The van der Waals surface area contributed by atoms with Crippen molar-refractivity contribution in [2.75, 3.05) is 31.6 Å². The summed E-state index contributed by atoms with van der Waals surface area (Å²) in [7, 11) is 1.56. The van der Waals surface area contributed by atoms with Gasteiger partial charge in [0.2, 0.25) is 11.8 Å². The fraction of sp³-hybridized carbons (Fsp3) is 0.526. The van der Waals surface area contributed by atoms with Crippen LogP contribution >= 0.6 is 0 Å². The lowest BCUT2D eigenvalue weighted by Crippen LogP contribution is -2.47. The number of nitrogens with one attached hydrogen (secondary N) is 1. The minimum Gasteiger partial charge on any atom is -0.484 e. The van der Waals surface area contributed by atoms with Crippen molar-refractivity contribution in [1.29, 1.82) is 0 Å². The van der Waals surface area contributed by atoms with Gasteiger partial charge in [0.25, 0.3) is 5.91 Å². The number of hydrogen-bond donors (Lipinski definition) is 1. The van der Waals surface area contributed by atoms with E-state index in [1.807, 2.05) is 26.8 Å². The normalized spacial score (nSPS) is 14.3. The van der Waals surface area contributed by atoms with Crippen LogP contribution in [0.4, 0.5) is 5.69 Å². The van der Waals surface area contributed by atoms with Crippen LogP contribution in [-0.4, -0.2) is 54.9 Å². The van der Waals surface area contributed by atoms with Crippen LogP contribution in [0.15, 0.2) is 24.3 Å². The molecule has 7 heteroatoms. The molecule has 1 fully saturated rings. The summed E-state index contributed by atoms with van der Waals surface area (Å²) in [6.07, 6.45) is 1.41. The van der Waals surface area contributed by atoms with E-state index in [1.54, 1.807) is 30.1 Å². The lowest BCUT2D eigenvalue weighted by atomic mass is 10.1. The zero-order valence-electron chi connectivity index (χ0n) is 15.9. The van der Waals surface area contributed by atoms with Gasteiger partial charge in [-0.25, -0.2) is 0 Å². The van der Waals surface area contributed by atoms with E-state index in [-0.39, 0.29) is 36.4 Å². The molecule has 0 aliphatic carbocycles. The number of ether oxygens (including phenoxy) is 1. The summed E-state index contributed by atoms with van der Waals surface area (Å²) in [5, 5.41) is 2.81. The predicted molar refractivity (Wildman–Crippen MR) is 99.1 cm³/mol. The fourth-order valence-corrected chi connectivity index (χ4v) is 2.68. The highest BCUT2D eigenvalue weighted by Gasteiger charge is 2.22. The molecule has 1 heterocycles. The van der Waals surface area contributed by atoms with E-state index in [2.05, 4.69) is 5.32 Å². The number of hydrogen-bond acceptors (Lipinski definition) is 4. The number of anilines is 1. The van der Waals surface area contributed by atoms with Crippen LogP contribution < -0.4 is 15.0 Å². The van der Waals surface area contributed by atoms with E-state index in [0.717, 1.165) is 12.1 Å². The molecule has 0 aromatic heterocycles. The SMILES string of the molecule is CN(CC(=O)NC(C)(C)C)C(=O)COc1cccc(N2CCCC2=O)c1. The molecule has 0 spiro atoms. The highest BCUT2D eigenvalue weighted by atomic mass is 16.5. The maximum atomic E-state index is 12.2. The molecule has 0 saturated carbocycles. The molecule has 0 unspecified atom stereocenters. The summed E-state index contributed by atoms with van der Waals surface area (Å²) in [5.74, 6) is 0.102. The first-order valence-corrected chi connectivity index (χ1v) is 8.74. The minimum absolute atomic E-state index is 0.0260. The minimum atomic E-state index is -0.342. The van der Waals surface area contributed by atoms with Crippen molar-refractivity contribution >= 4 is 23.4 Å². The van der Waals surface area contributed by atoms with Gasteiger partial charge in [-0.15, -0.1) is 0 Å². The lowest BCUT2D eigenvalue weighted by Gasteiger charge is -2.23. The van der Waals surface area contributed by atoms with Crippen LogP contribution in [0, 0.1) is 0 Å². The highest BCUT2D eigenvalue weighted by Crippen LogP contribution is 2.25. The van der Waals surface area contributed by atoms with Gasteiger partial charge in [-0.2, -0.15) is 0 Å². The Hall–Kier alpha value is -2.57. The first-order chi connectivity index (χ1) is 12.2. The maximum Gasteiger partial charge on any atom is 0.260 e. The lowest BCUT2D eigenvalue weighted by molar-refractivity contribution is -0.136. The van der Waals surface area contributed by atoms with E-state index >= 15 is 0 Å². The number of nitrogens with zero attached hydrogens (tertiary/aromatic N) is 2. The zero-order valence-corrected chi connectivity index (χ0v) is 15.9. The van der Waals surface area contributed by atoms with Crippen LogP contribution in [0.25, 0.3) is 0 Å². The van der Waals surface area contributed by atoms with Crippen molar-refractivity contribution in [3.05, 3.63) is 24.3 Å². The van der Waals surface area contributed by atoms with Gasteiger partial charge in [0.15, 0.2) is 6.61 Å². The van der Waals surface area contributed by atoms with Crippen molar-refractivity contribution in [1.82, 2.24) is 10.2 Å². The van der Waals surface area contributed by atoms with E-state index in [0.29, 0.717) is 18.7 Å². The standard InChI is InChI=1S/C19H27N3O4/c1-19(2,3)20-16(23)12-21(4)18(25)13-26-15-8-5-7-14(11-15)22-10-6-9-17(22)24/h5,7-8,11H,6,9-10,12-13H2,1-4H3,(H,20,23). The molecule has 1 aromatic carbocycles. The van der Waals surface area contributed by atoms with E-state index < -0.39 is 0 Å². The molecule has 0 atom stereocenters. The van der Waals surface area contributed by atoms with Gasteiger partial charge >= 0.3 is 0 Å². The third-order valence-corrected chi connectivity index (χ3v) is 3.89. The number of carbonyl (C=O) groups excluding carboxylic acids is 3. The maximum absolute atomic E-state index is 12.2. The van der Waals surface area contributed by atoms with Gasteiger partial charge in [-0.3, -0.25) is 14.4 Å². The monoisotopic (exact) mass is 361 g/mol. The van der Waals surface area contributed by atoms with Gasteiger partial charge in [0.1, 0.15) is 5.75 Å². The molecule has 0 bridgehead atoms. The molecule has 3 amide bonds. The summed E-state index contributed by atoms with van der Waals surface area (Å²) < 4.78 is 5.55. The van der Waals surface area contributed by atoms with Gasteiger partial charge in [-0.05, 0) is 39.3 Å². The molecule has 0 radical (unpaired) electrons. The Labute approximate surface area is 154 Å². The van der Waals surface area contributed by atoms with Crippen LogP contribution in [0.1, 0.15) is 33.6 Å². The quantitative estimate of drug-likeness (QED) is 0.834. The average Bonchev–Trinajstić information content (AvgIpc) is 2.97. The second-order valence-corrected chi connectivity index (χ2v) is 7.48. The summed E-state index contributed by atoms with van der Waals surface area (Å²) in [6, 6.07) is 7.13. The molecular weight excluding hydrogens is 334 g/mol. The van der Waals surface area contributed by atoms with Gasteiger partial charge in [0.05, 0.1) is 6.54 Å². The number of carbonyl (C=O) groups is 3. The molecule has 1 aliphatic rings. The Kier molecular flexibility index (Phi) is 6.23. The predicted octanol–water partition coefficient (Wildman–Crippen LogP) is 1.57. The number of benzene rings is 1. The van der Waals surface area contributed by atoms with Crippen molar-refractivity contribution in [2.45, 2.75) is 39.2 Å². The van der Waals surface area contributed by atoms with Crippen molar-refractivity contribution in [3.8, 4) is 5.75 Å². The third kappa shape index (κ3) is 5.75. The van der Waals surface area contributed by atoms with Crippen molar-refractivity contribution in [3.63, 3.8) is 0 Å². The smallest absolute Gasteiger partial charge is 0.260 e. The fourth-order valence-electron chi connectivity index (χ4n) is 2.68. The summed E-state index contributed by atoms with van der Waals surface area (Å²) >= 11 is 0. The molecule has 2 rings (SSSR count). The van der Waals surface area contributed by atoms with E-state index in [1.165, 1.54) is 4.90 Å². The van der Waals surface area contributed by atoms with E-state index in [4.69, 9.17) is 4.74 Å². The Balaban J connectivity index is 1.87. The highest BCUT2D eigenvalue weighted by molar-refractivity contribution is 5.95. The first-order valence-electron chi connectivity index (χ1n) is 8.74. The van der Waals surface area contributed by atoms with Crippen molar-refractivity contribution < 1.29 is 19.1 Å². The van der Waals surface area contributed by atoms with Crippen molar-refractivity contribution in [2.24, 2.45) is 0 Å². The second kappa shape index (κ2) is 8.21. The van der Waals surface area contributed by atoms with E-state index in [9.17, 15) is 14.4 Å². The number of likely N-dealkylation sites (N-methyl/N-ethyl adjacent to an activating group) is 1. The molecule has 1 N–H and O–H groups in total. The number of amides is 3. The van der Waals surface area contributed by atoms with Gasteiger partial charge < -0.3 is 19.9 Å². The van der Waals surface area contributed by atoms with Crippen LogP contribution in [0.2, 0.25) is 0 Å². The second-order valence-electron chi connectivity index (χ2n) is 7.48. The van der Waals surface area contributed by atoms with Crippen LogP contribution in [0.5, 0.6) is 5.75 Å². The average molecular weight is 361 g/mol. The Morgan fingerprint density at radius 3 is 2.65 bits per heavy atom.